The van der Waals surface area contributed by atoms with Crippen molar-refractivity contribution >= 4 is 44.4 Å². The lowest BCUT2D eigenvalue weighted by molar-refractivity contribution is -0.117. The van der Waals surface area contributed by atoms with Gasteiger partial charge in [0.05, 0.1) is 15.1 Å². The molecule has 216 valence electrons. The van der Waals surface area contributed by atoms with E-state index in [1.807, 2.05) is 18.2 Å². The maximum absolute atomic E-state index is 15.1. The number of aromatic nitrogens is 1. The van der Waals surface area contributed by atoms with Crippen molar-refractivity contribution in [3.63, 3.8) is 0 Å². The summed E-state index contributed by atoms with van der Waals surface area (Å²) in [7, 11) is 1.70. The van der Waals surface area contributed by atoms with Gasteiger partial charge in [0, 0.05) is 56.5 Å². The average Bonchev–Trinajstić information content (AvgIpc) is 3.61. The molecule has 0 aliphatic heterocycles. The van der Waals surface area contributed by atoms with Gasteiger partial charge >= 0.3 is 0 Å². The number of furan rings is 1. The molecule has 0 radical (unpaired) electrons. The second-order valence-corrected chi connectivity index (χ2v) is 11.6. The number of nitrogens with zero attached hydrogens (tertiary/aromatic N) is 1. The number of methoxy groups -OCH3 is 1. The van der Waals surface area contributed by atoms with E-state index in [0.717, 1.165) is 58.0 Å². The number of aryl methyl sites for hydroxylation is 1. The molecule has 5 aromatic rings. The Labute approximate surface area is 252 Å². The summed E-state index contributed by atoms with van der Waals surface area (Å²) in [5.74, 6) is 1.30. The minimum atomic E-state index is -0.529. The minimum absolute atomic E-state index is 0.0723. The van der Waals surface area contributed by atoms with Crippen LogP contribution in [0.3, 0.4) is 0 Å². The number of halogens is 2. The zero-order valence-corrected chi connectivity index (χ0v) is 24.7. The molecule has 3 aromatic heterocycles. The van der Waals surface area contributed by atoms with Gasteiger partial charge in [-0.3, -0.25) is 9.78 Å². The third kappa shape index (κ3) is 7.73. The number of ether oxygens (including phenoxy) is 2. The first-order valence-electron chi connectivity index (χ1n) is 13.6. The number of thiophene rings is 1. The number of fused-ring (bicyclic) bond motifs is 1. The van der Waals surface area contributed by atoms with Gasteiger partial charge in [0.2, 0.25) is 0 Å². The highest BCUT2D eigenvalue weighted by atomic mass is 32.1. The van der Waals surface area contributed by atoms with Gasteiger partial charge in [0.15, 0.2) is 11.6 Å². The second-order valence-electron chi connectivity index (χ2n) is 9.95. The largest absolute Gasteiger partial charge is 0.460 e. The fourth-order valence-corrected chi connectivity index (χ4v) is 5.92. The van der Waals surface area contributed by atoms with E-state index in [0.29, 0.717) is 16.2 Å². The van der Waals surface area contributed by atoms with Crippen molar-refractivity contribution < 1.29 is 27.5 Å². The maximum Gasteiger partial charge on any atom is 0.166 e. The van der Waals surface area contributed by atoms with E-state index in [-0.39, 0.29) is 36.6 Å². The molecule has 0 unspecified atom stereocenters. The standard InChI is InChI=1S/C33H29F2NO4S2/c1-38-15-3-2-4-25-10-12-30(39-25)32-20-28-33(42-32)31(13-14-36-28)40-29-11-7-22(18-27(29)35)17-26(41)19-24(37)16-21-5-8-23(34)9-6-21/h5-14,18,20H,2-4,15-17,19H2,1H3. The predicted molar refractivity (Wildman–Crippen MR) is 165 cm³/mol. The van der Waals surface area contributed by atoms with Crippen molar-refractivity contribution in [1.82, 2.24) is 4.98 Å². The molecule has 0 N–H and O–H groups in total. The zero-order valence-electron chi connectivity index (χ0n) is 23.0. The number of carbonyl (C=O) groups excluding carboxylic acids is 1. The van der Waals surface area contributed by atoms with E-state index in [4.69, 9.17) is 26.1 Å². The van der Waals surface area contributed by atoms with E-state index >= 15 is 4.39 Å². The van der Waals surface area contributed by atoms with E-state index in [9.17, 15) is 9.18 Å². The molecule has 42 heavy (non-hydrogen) atoms. The summed E-state index contributed by atoms with van der Waals surface area (Å²) in [4.78, 5) is 18.3. The number of hydrogen-bond donors (Lipinski definition) is 0. The van der Waals surface area contributed by atoms with Crippen molar-refractivity contribution in [2.45, 2.75) is 38.5 Å². The van der Waals surface area contributed by atoms with Crippen molar-refractivity contribution in [2.24, 2.45) is 0 Å². The highest BCUT2D eigenvalue weighted by Crippen LogP contribution is 2.40. The lowest BCUT2D eigenvalue weighted by atomic mass is 10.0. The molecule has 0 aliphatic carbocycles. The summed E-state index contributed by atoms with van der Waals surface area (Å²) in [5.41, 5.74) is 2.11. The van der Waals surface area contributed by atoms with Gasteiger partial charge in [-0.15, -0.1) is 11.3 Å². The van der Waals surface area contributed by atoms with Crippen LogP contribution in [0.1, 0.15) is 36.1 Å². The van der Waals surface area contributed by atoms with Crippen LogP contribution in [0.5, 0.6) is 11.5 Å². The highest BCUT2D eigenvalue weighted by molar-refractivity contribution is 7.80. The van der Waals surface area contributed by atoms with E-state index in [1.54, 1.807) is 43.6 Å². The summed E-state index contributed by atoms with van der Waals surface area (Å²) in [6.07, 6.45) is 4.97. The van der Waals surface area contributed by atoms with E-state index in [1.165, 1.54) is 29.5 Å². The summed E-state index contributed by atoms with van der Waals surface area (Å²) in [6.45, 7) is 0.732. The van der Waals surface area contributed by atoms with Crippen LogP contribution in [0, 0.1) is 11.6 Å². The molecule has 0 amide bonds. The van der Waals surface area contributed by atoms with Gasteiger partial charge in [-0.1, -0.05) is 30.4 Å². The molecule has 2 aromatic carbocycles. The summed E-state index contributed by atoms with van der Waals surface area (Å²) in [5, 5.41) is 0. The van der Waals surface area contributed by atoms with Crippen molar-refractivity contribution in [3.05, 3.63) is 101 Å². The zero-order chi connectivity index (χ0) is 29.5. The van der Waals surface area contributed by atoms with Crippen LogP contribution >= 0.6 is 23.6 Å². The van der Waals surface area contributed by atoms with Crippen molar-refractivity contribution in [1.29, 1.82) is 0 Å². The molecule has 3 heterocycles. The average molecular weight is 606 g/mol. The number of thiocarbonyl (C=S) groups is 1. The van der Waals surface area contributed by atoms with Crippen LogP contribution in [0.25, 0.3) is 20.9 Å². The molecule has 5 nitrogen and oxygen atoms in total. The maximum atomic E-state index is 15.1. The van der Waals surface area contributed by atoms with Gasteiger partial charge in [-0.25, -0.2) is 8.78 Å². The SMILES string of the molecule is COCCCCc1ccc(-c2cc3nccc(Oc4ccc(CC(=S)CC(=O)Cc5ccc(F)cc5)cc4F)c3s2)o1. The Morgan fingerprint density at radius 2 is 1.76 bits per heavy atom. The molecule has 0 saturated carbocycles. The number of unbranched alkanes of at least 4 members (excludes halogenated alkanes) is 1. The van der Waals surface area contributed by atoms with Crippen LogP contribution < -0.4 is 4.74 Å². The molecule has 0 bridgehead atoms. The molecule has 5 rings (SSSR count). The molecular formula is C33H29F2NO4S2. The first kappa shape index (κ1) is 29.7. The van der Waals surface area contributed by atoms with Gasteiger partial charge in [-0.2, -0.15) is 0 Å². The van der Waals surface area contributed by atoms with Crippen molar-refractivity contribution in [3.8, 4) is 22.1 Å². The molecule has 9 heteroatoms. The molecule has 0 spiro atoms. The molecule has 0 saturated heterocycles. The Morgan fingerprint density at radius 1 is 0.952 bits per heavy atom. The van der Waals surface area contributed by atoms with Crippen LogP contribution in [0.4, 0.5) is 8.78 Å². The third-order valence-corrected chi connectivity index (χ3v) is 8.07. The Balaban J connectivity index is 1.22. The number of Topliss-reactive ketones (excluding diaryl/α,β-unsaturated/α-hetero) is 1. The normalized spacial score (nSPS) is 11.2. The first-order chi connectivity index (χ1) is 20.4. The molecule has 0 atom stereocenters. The molecular weight excluding hydrogens is 576 g/mol. The van der Waals surface area contributed by atoms with Crippen LogP contribution in [0.2, 0.25) is 0 Å². The minimum Gasteiger partial charge on any atom is -0.460 e. The monoisotopic (exact) mass is 605 g/mol. The summed E-state index contributed by atoms with van der Waals surface area (Å²) in [6, 6.07) is 18.1. The Kier molecular flexibility index (Phi) is 9.84. The fraction of sp³-hybridized carbons (Fsp3) is 0.242. The number of hydrogen-bond acceptors (Lipinski definition) is 7. The lowest BCUT2D eigenvalue weighted by Gasteiger charge is -2.10. The number of ketones is 1. The number of pyridine rings is 1. The number of benzene rings is 2. The Hall–Kier alpha value is -3.79. The van der Waals surface area contributed by atoms with Gasteiger partial charge in [-0.05, 0) is 66.4 Å². The van der Waals surface area contributed by atoms with Gasteiger partial charge in [0.1, 0.15) is 28.9 Å². The molecule has 0 fully saturated rings. The second kappa shape index (κ2) is 13.9. The Morgan fingerprint density at radius 3 is 2.55 bits per heavy atom. The third-order valence-electron chi connectivity index (χ3n) is 6.63. The van der Waals surface area contributed by atoms with Crippen LogP contribution in [0.15, 0.2) is 77.3 Å². The Bertz CT molecular complexity index is 1690. The van der Waals surface area contributed by atoms with E-state index in [2.05, 4.69) is 4.98 Å². The predicted octanol–water partition coefficient (Wildman–Crippen LogP) is 8.71. The molecule has 0 aliphatic rings. The first-order valence-corrected chi connectivity index (χ1v) is 14.8. The topological polar surface area (TPSA) is 61.6 Å². The number of rotatable bonds is 14. The lowest BCUT2D eigenvalue weighted by Crippen LogP contribution is -2.11. The summed E-state index contributed by atoms with van der Waals surface area (Å²) < 4.78 is 46.1. The highest BCUT2D eigenvalue weighted by Gasteiger charge is 2.16. The van der Waals surface area contributed by atoms with Gasteiger partial charge < -0.3 is 13.9 Å². The van der Waals surface area contributed by atoms with E-state index < -0.39 is 5.82 Å². The van der Waals surface area contributed by atoms with Gasteiger partial charge in [0.25, 0.3) is 0 Å². The van der Waals surface area contributed by atoms with Crippen LogP contribution in [-0.2, 0) is 28.8 Å². The summed E-state index contributed by atoms with van der Waals surface area (Å²) >= 11 is 6.88. The van der Waals surface area contributed by atoms with Crippen molar-refractivity contribution in [2.75, 3.05) is 13.7 Å². The quantitative estimate of drug-likeness (QED) is 0.0932. The van der Waals surface area contributed by atoms with Crippen LogP contribution in [-0.4, -0.2) is 29.3 Å². The fourth-order valence-electron chi connectivity index (χ4n) is 4.56. The number of carbonyl (C=O) groups is 1. The smallest absolute Gasteiger partial charge is 0.166 e.